The third kappa shape index (κ3) is 3.27. The Hall–Kier alpha value is -3.13. The van der Waals surface area contributed by atoms with Gasteiger partial charge >= 0.3 is 0 Å². The van der Waals surface area contributed by atoms with Crippen molar-refractivity contribution in [3.63, 3.8) is 0 Å². The highest BCUT2D eigenvalue weighted by Gasteiger charge is 2.25. The topological polar surface area (TPSA) is 85.2 Å². The summed E-state index contributed by atoms with van der Waals surface area (Å²) in [6.45, 7) is 4.73. The summed E-state index contributed by atoms with van der Waals surface area (Å²) in [5.41, 5.74) is 3.57. The Bertz CT molecular complexity index is 1080. The van der Waals surface area contributed by atoms with Crippen molar-refractivity contribution in [2.75, 3.05) is 13.1 Å². The molecule has 0 aromatic carbocycles. The summed E-state index contributed by atoms with van der Waals surface area (Å²) in [6.07, 6.45) is 5.63. The molecule has 0 atom stereocenters. The van der Waals surface area contributed by atoms with Gasteiger partial charge in [-0.05, 0) is 57.1 Å². The summed E-state index contributed by atoms with van der Waals surface area (Å²) in [5, 5.41) is 17.5. The molecule has 4 aromatic heterocycles. The summed E-state index contributed by atoms with van der Waals surface area (Å²) in [6, 6.07) is 9.86. The third-order valence-electron chi connectivity index (χ3n) is 5.25. The molecule has 5 rings (SSSR count). The molecule has 1 aliphatic rings. The van der Waals surface area contributed by atoms with Crippen molar-refractivity contribution >= 4 is 5.65 Å². The lowest BCUT2D eigenvalue weighted by Crippen LogP contribution is -2.33. The van der Waals surface area contributed by atoms with E-state index in [4.69, 9.17) is 9.62 Å². The van der Waals surface area contributed by atoms with E-state index in [0.717, 1.165) is 66.7 Å². The third-order valence-corrected chi connectivity index (χ3v) is 5.25. The monoisotopic (exact) mass is 375 g/mol. The van der Waals surface area contributed by atoms with Crippen molar-refractivity contribution in [1.29, 1.82) is 0 Å². The van der Waals surface area contributed by atoms with Crippen LogP contribution in [0, 0.1) is 6.92 Å². The minimum Gasteiger partial charge on any atom is -0.360 e. The van der Waals surface area contributed by atoms with Crippen molar-refractivity contribution in [2.45, 2.75) is 32.2 Å². The van der Waals surface area contributed by atoms with Crippen LogP contribution in [0.1, 0.15) is 36.0 Å². The highest BCUT2D eigenvalue weighted by molar-refractivity contribution is 5.58. The van der Waals surface area contributed by atoms with Crippen LogP contribution in [0.5, 0.6) is 0 Å². The van der Waals surface area contributed by atoms with Crippen molar-refractivity contribution in [1.82, 2.24) is 34.9 Å². The first kappa shape index (κ1) is 17.0. The molecule has 0 unspecified atom stereocenters. The zero-order chi connectivity index (χ0) is 18.9. The molecule has 0 spiro atoms. The summed E-state index contributed by atoms with van der Waals surface area (Å²) >= 11 is 0. The molecule has 0 radical (unpaired) electrons. The number of pyridine rings is 1. The van der Waals surface area contributed by atoms with Gasteiger partial charge in [-0.1, -0.05) is 5.16 Å². The summed E-state index contributed by atoms with van der Waals surface area (Å²) in [7, 11) is 0. The molecule has 8 nitrogen and oxygen atoms in total. The Morgan fingerprint density at radius 1 is 1.14 bits per heavy atom. The summed E-state index contributed by atoms with van der Waals surface area (Å²) in [4.78, 5) is 6.58. The summed E-state index contributed by atoms with van der Waals surface area (Å²) in [5.74, 6) is 2.21. The van der Waals surface area contributed by atoms with E-state index < -0.39 is 0 Å². The van der Waals surface area contributed by atoms with E-state index in [9.17, 15) is 0 Å². The minimum absolute atomic E-state index is 0.347. The van der Waals surface area contributed by atoms with E-state index in [1.165, 1.54) is 0 Å². The Kier molecular flexibility index (Phi) is 4.32. The van der Waals surface area contributed by atoms with Gasteiger partial charge in [0.15, 0.2) is 17.2 Å². The molecule has 0 amide bonds. The lowest BCUT2D eigenvalue weighted by atomic mass is 9.96. The molecule has 1 aliphatic heterocycles. The first-order chi connectivity index (χ1) is 13.8. The zero-order valence-corrected chi connectivity index (χ0v) is 15.7. The molecule has 28 heavy (non-hydrogen) atoms. The van der Waals surface area contributed by atoms with Gasteiger partial charge in [0.2, 0.25) is 0 Å². The maximum atomic E-state index is 5.35. The second-order valence-corrected chi connectivity index (χ2v) is 7.27. The van der Waals surface area contributed by atoms with Gasteiger partial charge in [-0.15, -0.1) is 10.2 Å². The van der Waals surface area contributed by atoms with Crippen molar-refractivity contribution in [3.8, 4) is 11.3 Å². The lowest BCUT2D eigenvalue weighted by molar-refractivity contribution is 0.181. The lowest BCUT2D eigenvalue weighted by Gasteiger charge is -2.30. The number of rotatable bonds is 4. The fourth-order valence-electron chi connectivity index (χ4n) is 3.79. The van der Waals surface area contributed by atoms with Crippen LogP contribution in [-0.2, 0) is 6.54 Å². The Morgan fingerprint density at radius 2 is 2.04 bits per heavy atom. The number of piperidine rings is 1. The molecular weight excluding hydrogens is 354 g/mol. The standard InChI is InChI=1S/C20H21N7O/c1-14-11-17(28-25-14)13-26-9-6-15(7-10-26)20-23-22-19-5-4-18(24-27(19)20)16-3-2-8-21-12-16/h2-5,8,11-12,15H,6-7,9-10,13H2,1H3. The van der Waals surface area contributed by atoms with Gasteiger partial charge in [-0.25, -0.2) is 0 Å². The molecule has 0 aliphatic carbocycles. The van der Waals surface area contributed by atoms with Crippen LogP contribution in [0.4, 0.5) is 0 Å². The number of likely N-dealkylation sites (tertiary alicyclic amines) is 1. The Balaban J connectivity index is 1.34. The number of aromatic nitrogens is 6. The van der Waals surface area contributed by atoms with E-state index in [0.29, 0.717) is 5.92 Å². The second-order valence-electron chi connectivity index (χ2n) is 7.27. The average molecular weight is 375 g/mol. The Labute approximate surface area is 162 Å². The van der Waals surface area contributed by atoms with Gasteiger partial charge in [0.25, 0.3) is 0 Å². The number of nitrogens with zero attached hydrogens (tertiary/aromatic N) is 7. The highest BCUT2D eigenvalue weighted by Crippen LogP contribution is 2.28. The maximum absolute atomic E-state index is 5.35. The van der Waals surface area contributed by atoms with Gasteiger partial charge in [0.05, 0.1) is 17.9 Å². The normalized spacial score (nSPS) is 16.0. The van der Waals surface area contributed by atoms with Crippen LogP contribution in [0.3, 0.4) is 0 Å². The zero-order valence-electron chi connectivity index (χ0n) is 15.7. The quantitative estimate of drug-likeness (QED) is 0.542. The predicted molar refractivity (Wildman–Crippen MR) is 103 cm³/mol. The van der Waals surface area contributed by atoms with Crippen LogP contribution in [0.25, 0.3) is 16.9 Å². The number of hydrogen-bond donors (Lipinski definition) is 0. The van der Waals surface area contributed by atoms with Crippen LogP contribution in [0.15, 0.2) is 47.2 Å². The van der Waals surface area contributed by atoms with Gasteiger partial charge in [0, 0.05) is 29.9 Å². The van der Waals surface area contributed by atoms with Crippen LogP contribution < -0.4 is 0 Å². The fourth-order valence-corrected chi connectivity index (χ4v) is 3.79. The van der Waals surface area contributed by atoms with Gasteiger partial charge < -0.3 is 4.52 Å². The van der Waals surface area contributed by atoms with Crippen molar-refractivity contribution < 1.29 is 4.52 Å². The first-order valence-electron chi connectivity index (χ1n) is 9.53. The van der Waals surface area contributed by atoms with Crippen molar-refractivity contribution in [2.24, 2.45) is 0 Å². The molecule has 4 aromatic rings. The van der Waals surface area contributed by atoms with E-state index in [2.05, 4.69) is 25.2 Å². The molecule has 0 bridgehead atoms. The largest absolute Gasteiger partial charge is 0.360 e. The van der Waals surface area contributed by atoms with Crippen molar-refractivity contribution in [3.05, 3.63) is 60.0 Å². The molecule has 5 heterocycles. The highest BCUT2D eigenvalue weighted by atomic mass is 16.5. The average Bonchev–Trinajstić information content (AvgIpc) is 3.35. The molecule has 142 valence electrons. The minimum atomic E-state index is 0.347. The van der Waals surface area contributed by atoms with Crippen LogP contribution >= 0.6 is 0 Å². The molecule has 8 heteroatoms. The SMILES string of the molecule is Cc1cc(CN2CCC(c3nnc4ccc(-c5cccnc5)nn34)CC2)on1. The van der Waals surface area contributed by atoms with E-state index >= 15 is 0 Å². The second kappa shape index (κ2) is 7.12. The molecule has 0 saturated carbocycles. The first-order valence-corrected chi connectivity index (χ1v) is 9.53. The summed E-state index contributed by atoms with van der Waals surface area (Å²) < 4.78 is 7.24. The van der Waals surface area contributed by atoms with E-state index in [1.54, 1.807) is 6.20 Å². The smallest absolute Gasteiger partial charge is 0.177 e. The fraction of sp³-hybridized carbons (Fsp3) is 0.350. The molecule has 1 fully saturated rings. The molecular formula is C20H21N7O. The maximum Gasteiger partial charge on any atom is 0.177 e. The number of fused-ring (bicyclic) bond motifs is 1. The van der Waals surface area contributed by atoms with Crippen LogP contribution in [0.2, 0.25) is 0 Å². The van der Waals surface area contributed by atoms with Gasteiger partial charge in [0.1, 0.15) is 0 Å². The van der Waals surface area contributed by atoms with Crippen LogP contribution in [-0.4, -0.2) is 47.9 Å². The molecule has 0 N–H and O–H groups in total. The molecule has 1 saturated heterocycles. The van der Waals surface area contributed by atoms with Gasteiger partial charge in [-0.2, -0.15) is 9.61 Å². The predicted octanol–water partition coefficient (Wildman–Crippen LogP) is 2.86. The van der Waals surface area contributed by atoms with E-state index in [1.807, 2.05) is 48.0 Å². The van der Waals surface area contributed by atoms with E-state index in [-0.39, 0.29) is 0 Å². The number of hydrogen-bond acceptors (Lipinski definition) is 7. The van der Waals surface area contributed by atoms with Gasteiger partial charge in [-0.3, -0.25) is 9.88 Å². The number of aryl methyl sites for hydroxylation is 1. The Morgan fingerprint density at radius 3 is 2.79 bits per heavy atom.